The summed E-state index contributed by atoms with van der Waals surface area (Å²) in [5.41, 5.74) is 2.69. The van der Waals surface area contributed by atoms with Gasteiger partial charge in [0.25, 0.3) is 0 Å². The van der Waals surface area contributed by atoms with Crippen LogP contribution in [-0.4, -0.2) is 22.2 Å². The number of carbonyl (C=O) groups is 1. The summed E-state index contributed by atoms with van der Waals surface area (Å²) >= 11 is 0. The molecule has 4 nitrogen and oxygen atoms in total. The number of ether oxygens (including phenoxy) is 1. The van der Waals surface area contributed by atoms with Gasteiger partial charge < -0.3 is 14.4 Å². The van der Waals surface area contributed by atoms with Crippen LogP contribution < -0.4 is 0 Å². The lowest BCUT2D eigenvalue weighted by Gasteiger charge is -2.05. The van der Waals surface area contributed by atoms with Crippen molar-refractivity contribution in [3.05, 3.63) is 84.2 Å². The van der Waals surface area contributed by atoms with Crippen molar-refractivity contribution in [2.75, 3.05) is 6.61 Å². The lowest BCUT2D eigenvalue weighted by Crippen LogP contribution is -2.05. The van der Waals surface area contributed by atoms with Gasteiger partial charge in [0.05, 0.1) is 12.2 Å². The van der Waals surface area contributed by atoms with Crippen LogP contribution in [0.4, 0.5) is 0 Å². The van der Waals surface area contributed by atoms with Crippen LogP contribution in [0, 0.1) is 0 Å². The maximum atomic E-state index is 12.1. The van der Waals surface area contributed by atoms with Crippen molar-refractivity contribution in [1.29, 1.82) is 0 Å². The van der Waals surface area contributed by atoms with Crippen molar-refractivity contribution < 1.29 is 14.6 Å². The zero-order valence-corrected chi connectivity index (χ0v) is 15.4. The molecule has 0 bridgehead atoms. The minimum atomic E-state index is -0.307. The Bertz CT molecular complexity index is 855. The molecule has 0 aliphatic carbocycles. The summed E-state index contributed by atoms with van der Waals surface area (Å²) in [5.74, 6) is -0.115. The Morgan fingerprint density at radius 1 is 0.926 bits per heavy atom. The van der Waals surface area contributed by atoms with E-state index in [0.717, 1.165) is 37.8 Å². The zero-order chi connectivity index (χ0) is 18.9. The van der Waals surface area contributed by atoms with Crippen molar-refractivity contribution in [3.63, 3.8) is 0 Å². The molecule has 1 heterocycles. The van der Waals surface area contributed by atoms with Crippen LogP contribution in [0.15, 0.2) is 73.1 Å². The molecule has 1 N–H and O–H groups in total. The average molecular weight is 363 g/mol. The van der Waals surface area contributed by atoms with E-state index in [4.69, 9.17) is 4.74 Å². The Balaban J connectivity index is 1.35. The molecule has 0 unspecified atom stereocenters. The van der Waals surface area contributed by atoms with Crippen molar-refractivity contribution in [3.8, 4) is 11.4 Å². The van der Waals surface area contributed by atoms with Crippen LogP contribution >= 0.6 is 0 Å². The van der Waals surface area contributed by atoms with Gasteiger partial charge in [0.1, 0.15) is 5.75 Å². The first-order valence-corrected chi connectivity index (χ1v) is 9.41. The SMILES string of the molecule is O=C(OCCCCCCc1ccccc1)c1ccn(-c2cccc(O)c2)c1. The van der Waals surface area contributed by atoms with Gasteiger partial charge in [0.2, 0.25) is 0 Å². The van der Waals surface area contributed by atoms with Crippen LogP contribution in [-0.2, 0) is 11.2 Å². The molecular weight excluding hydrogens is 338 g/mol. The molecule has 0 atom stereocenters. The number of benzene rings is 2. The fourth-order valence-electron chi connectivity index (χ4n) is 3.01. The Morgan fingerprint density at radius 2 is 1.74 bits per heavy atom. The number of unbranched alkanes of at least 4 members (excludes halogenated alkanes) is 3. The quantitative estimate of drug-likeness (QED) is 0.423. The monoisotopic (exact) mass is 363 g/mol. The number of esters is 1. The van der Waals surface area contributed by atoms with Crippen molar-refractivity contribution in [1.82, 2.24) is 4.57 Å². The molecule has 3 rings (SSSR count). The molecule has 140 valence electrons. The molecule has 0 aliphatic heterocycles. The first kappa shape index (κ1) is 18.8. The summed E-state index contributed by atoms with van der Waals surface area (Å²) in [6.45, 7) is 0.446. The van der Waals surface area contributed by atoms with E-state index in [1.165, 1.54) is 5.56 Å². The number of hydrogen-bond acceptors (Lipinski definition) is 3. The highest BCUT2D eigenvalue weighted by molar-refractivity contribution is 5.89. The van der Waals surface area contributed by atoms with E-state index in [2.05, 4.69) is 24.3 Å². The van der Waals surface area contributed by atoms with Crippen LogP contribution in [0.3, 0.4) is 0 Å². The number of hydrogen-bond donors (Lipinski definition) is 1. The van der Waals surface area contributed by atoms with E-state index in [1.54, 1.807) is 41.2 Å². The van der Waals surface area contributed by atoms with E-state index in [1.807, 2.05) is 12.1 Å². The maximum absolute atomic E-state index is 12.1. The molecule has 0 amide bonds. The van der Waals surface area contributed by atoms with Gasteiger partial charge >= 0.3 is 5.97 Å². The zero-order valence-electron chi connectivity index (χ0n) is 15.4. The first-order valence-electron chi connectivity index (χ1n) is 9.41. The maximum Gasteiger partial charge on any atom is 0.339 e. The summed E-state index contributed by atoms with van der Waals surface area (Å²) in [6.07, 6.45) is 8.85. The smallest absolute Gasteiger partial charge is 0.339 e. The van der Waals surface area contributed by atoms with Gasteiger partial charge in [-0.15, -0.1) is 0 Å². The molecule has 0 aliphatic rings. The second-order valence-electron chi connectivity index (χ2n) is 6.61. The molecule has 4 heteroatoms. The van der Waals surface area contributed by atoms with Gasteiger partial charge in [-0.25, -0.2) is 4.79 Å². The molecule has 0 radical (unpaired) electrons. The van der Waals surface area contributed by atoms with E-state index in [-0.39, 0.29) is 11.7 Å². The molecule has 1 aromatic heterocycles. The van der Waals surface area contributed by atoms with Crippen molar-refractivity contribution in [2.45, 2.75) is 32.1 Å². The van der Waals surface area contributed by atoms with Crippen molar-refractivity contribution >= 4 is 5.97 Å². The lowest BCUT2D eigenvalue weighted by atomic mass is 10.1. The van der Waals surface area contributed by atoms with E-state index in [9.17, 15) is 9.90 Å². The third-order valence-electron chi connectivity index (χ3n) is 4.49. The third-order valence-corrected chi connectivity index (χ3v) is 4.49. The van der Waals surface area contributed by atoms with Gasteiger partial charge in [0, 0.05) is 24.1 Å². The van der Waals surface area contributed by atoms with Crippen molar-refractivity contribution in [2.24, 2.45) is 0 Å². The Labute approximate surface area is 160 Å². The molecule has 27 heavy (non-hydrogen) atoms. The fraction of sp³-hybridized carbons (Fsp3) is 0.261. The van der Waals surface area contributed by atoms with E-state index in [0.29, 0.717) is 12.2 Å². The molecule has 2 aromatic carbocycles. The summed E-state index contributed by atoms with van der Waals surface area (Å²) in [7, 11) is 0. The van der Waals surface area contributed by atoms with Crippen LogP contribution in [0.2, 0.25) is 0 Å². The normalized spacial score (nSPS) is 10.7. The highest BCUT2D eigenvalue weighted by atomic mass is 16.5. The second-order valence-corrected chi connectivity index (χ2v) is 6.61. The number of aryl methyl sites for hydroxylation is 1. The number of rotatable bonds is 9. The van der Waals surface area contributed by atoms with E-state index < -0.39 is 0 Å². The minimum absolute atomic E-state index is 0.192. The van der Waals surface area contributed by atoms with Gasteiger partial charge in [-0.05, 0) is 43.0 Å². The van der Waals surface area contributed by atoms with Crippen LogP contribution in [0.1, 0.15) is 41.6 Å². The summed E-state index contributed by atoms with van der Waals surface area (Å²) < 4.78 is 7.16. The summed E-state index contributed by atoms with van der Waals surface area (Å²) in [6, 6.07) is 19.1. The largest absolute Gasteiger partial charge is 0.508 e. The highest BCUT2D eigenvalue weighted by Gasteiger charge is 2.09. The number of nitrogens with zero attached hydrogens (tertiary/aromatic N) is 1. The average Bonchev–Trinajstić information content (AvgIpc) is 3.18. The molecular formula is C23H25NO3. The lowest BCUT2D eigenvalue weighted by molar-refractivity contribution is 0.0498. The predicted octanol–water partition coefficient (Wildman–Crippen LogP) is 5.14. The Morgan fingerprint density at radius 3 is 2.56 bits per heavy atom. The molecule has 0 saturated heterocycles. The molecule has 0 fully saturated rings. The number of phenols is 1. The molecule has 0 spiro atoms. The predicted molar refractivity (Wildman–Crippen MR) is 106 cm³/mol. The standard InChI is InChI=1S/C23H25NO3/c25-22-13-8-12-21(17-22)24-15-14-20(18-24)23(26)27-16-7-2-1-4-9-19-10-5-3-6-11-19/h3,5-6,8,10-15,17-18,25H,1-2,4,7,9,16H2. The van der Waals surface area contributed by atoms with Gasteiger partial charge in [-0.1, -0.05) is 49.2 Å². The summed E-state index contributed by atoms with van der Waals surface area (Å²) in [4.78, 5) is 12.1. The molecule has 3 aromatic rings. The summed E-state index contributed by atoms with van der Waals surface area (Å²) in [5, 5.41) is 9.55. The number of carbonyl (C=O) groups excluding carboxylic acids is 1. The Hall–Kier alpha value is -3.01. The van der Waals surface area contributed by atoms with Gasteiger partial charge in [0.15, 0.2) is 0 Å². The van der Waals surface area contributed by atoms with Crippen LogP contribution in [0.5, 0.6) is 5.75 Å². The number of aromatic hydroxyl groups is 1. The minimum Gasteiger partial charge on any atom is -0.508 e. The first-order chi connectivity index (χ1) is 13.2. The van der Waals surface area contributed by atoms with Gasteiger partial charge in [-0.3, -0.25) is 0 Å². The fourth-order valence-corrected chi connectivity index (χ4v) is 3.01. The number of aromatic nitrogens is 1. The second kappa shape index (κ2) is 9.62. The number of phenolic OH excluding ortho intramolecular Hbond substituents is 1. The third kappa shape index (κ3) is 5.74. The topological polar surface area (TPSA) is 51.5 Å². The molecule has 0 saturated carbocycles. The van der Waals surface area contributed by atoms with E-state index >= 15 is 0 Å². The Kier molecular flexibility index (Phi) is 6.69. The highest BCUT2D eigenvalue weighted by Crippen LogP contribution is 2.17. The van der Waals surface area contributed by atoms with Gasteiger partial charge in [-0.2, -0.15) is 0 Å². The van der Waals surface area contributed by atoms with Crippen LogP contribution in [0.25, 0.3) is 5.69 Å².